The molecule has 0 saturated heterocycles. The van der Waals surface area contributed by atoms with E-state index in [0.29, 0.717) is 18.1 Å². The topological polar surface area (TPSA) is 57.8 Å². The summed E-state index contributed by atoms with van der Waals surface area (Å²) in [5.74, 6) is 0.533. The Labute approximate surface area is 152 Å². The second kappa shape index (κ2) is 7.40. The number of aromatic nitrogens is 2. The second-order valence-corrected chi connectivity index (χ2v) is 6.99. The molecule has 5 heteroatoms. The summed E-state index contributed by atoms with van der Waals surface area (Å²) in [5, 5.41) is 9.96. The standard InChI is InChI=1S/C21H23N3O2/c25-15-19(17-9-10-17)23(13-16-6-2-1-3-7-16)14-18-12-21(26)24-11-5-4-8-20(24)22-18/h1-8,11-12,17,19,25H,9-10,13-15H2. The van der Waals surface area contributed by atoms with Crippen molar-refractivity contribution in [2.75, 3.05) is 6.61 Å². The van der Waals surface area contributed by atoms with Crippen LogP contribution in [0.4, 0.5) is 0 Å². The molecule has 0 bridgehead atoms. The number of fused-ring (bicyclic) bond motifs is 1. The highest BCUT2D eigenvalue weighted by Gasteiger charge is 2.35. The zero-order chi connectivity index (χ0) is 17.9. The SMILES string of the molecule is O=c1cc(CN(Cc2ccccc2)C(CO)C2CC2)nc2ccccn12. The summed E-state index contributed by atoms with van der Waals surface area (Å²) in [6, 6.07) is 17.5. The minimum atomic E-state index is -0.0720. The van der Waals surface area contributed by atoms with Crippen LogP contribution >= 0.6 is 0 Å². The van der Waals surface area contributed by atoms with Crippen molar-refractivity contribution in [3.8, 4) is 0 Å². The Kier molecular flexibility index (Phi) is 4.82. The van der Waals surface area contributed by atoms with Crippen LogP contribution in [0.3, 0.4) is 0 Å². The van der Waals surface area contributed by atoms with Crippen LogP contribution in [0, 0.1) is 5.92 Å². The Hall–Kier alpha value is -2.50. The lowest BCUT2D eigenvalue weighted by Gasteiger charge is -2.30. The first kappa shape index (κ1) is 16.9. The minimum Gasteiger partial charge on any atom is -0.395 e. The van der Waals surface area contributed by atoms with Gasteiger partial charge in [0.2, 0.25) is 0 Å². The first-order chi connectivity index (χ1) is 12.7. The first-order valence-corrected chi connectivity index (χ1v) is 9.11. The maximum Gasteiger partial charge on any atom is 0.258 e. The van der Waals surface area contributed by atoms with Crippen molar-refractivity contribution >= 4 is 5.65 Å². The lowest BCUT2D eigenvalue weighted by molar-refractivity contribution is 0.0934. The molecule has 1 saturated carbocycles. The van der Waals surface area contributed by atoms with Crippen LogP contribution < -0.4 is 5.56 Å². The number of aliphatic hydroxyl groups is 1. The van der Waals surface area contributed by atoms with Crippen LogP contribution in [0.25, 0.3) is 5.65 Å². The fraction of sp³-hybridized carbons (Fsp3) is 0.333. The van der Waals surface area contributed by atoms with Crippen LogP contribution in [0.5, 0.6) is 0 Å². The van der Waals surface area contributed by atoms with Crippen molar-refractivity contribution in [2.24, 2.45) is 5.92 Å². The molecule has 0 radical (unpaired) electrons. The van der Waals surface area contributed by atoms with Gasteiger partial charge in [-0.2, -0.15) is 0 Å². The third-order valence-electron chi connectivity index (χ3n) is 5.04. The molecule has 1 aromatic carbocycles. The molecule has 1 atom stereocenters. The molecule has 4 rings (SSSR count). The van der Waals surface area contributed by atoms with Crippen LogP contribution in [0.15, 0.2) is 65.6 Å². The summed E-state index contributed by atoms with van der Waals surface area (Å²) in [6.45, 7) is 1.42. The van der Waals surface area contributed by atoms with E-state index in [1.54, 1.807) is 16.7 Å². The minimum absolute atomic E-state index is 0.0720. The highest BCUT2D eigenvalue weighted by atomic mass is 16.3. The van der Waals surface area contributed by atoms with E-state index < -0.39 is 0 Å². The van der Waals surface area contributed by atoms with Crippen LogP contribution in [0.1, 0.15) is 24.1 Å². The number of hydrogen-bond donors (Lipinski definition) is 1. The van der Waals surface area contributed by atoms with Crippen molar-refractivity contribution in [1.82, 2.24) is 14.3 Å². The van der Waals surface area contributed by atoms with Crippen molar-refractivity contribution in [3.05, 3.63) is 82.4 Å². The summed E-state index contributed by atoms with van der Waals surface area (Å²) < 4.78 is 1.55. The highest BCUT2D eigenvalue weighted by molar-refractivity contribution is 5.38. The van der Waals surface area contributed by atoms with E-state index in [9.17, 15) is 9.90 Å². The average molecular weight is 349 g/mol. The molecule has 1 aliphatic carbocycles. The second-order valence-electron chi connectivity index (χ2n) is 6.99. The lowest BCUT2D eigenvalue weighted by atomic mass is 10.1. The number of nitrogens with zero attached hydrogens (tertiary/aromatic N) is 3. The van der Waals surface area contributed by atoms with Crippen molar-refractivity contribution in [3.63, 3.8) is 0 Å². The predicted molar refractivity (Wildman–Crippen MR) is 101 cm³/mol. The third-order valence-corrected chi connectivity index (χ3v) is 5.04. The normalized spacial score (nSPS) is 15.5. The van der Waals surface area contributed by atoms with Gasteiger partial charge in [0, 0.05) is 31.4 Å². The van der Waals surface area contributed by atoms with E-state index in [2.05, 4.69) is 22.0 Å². The molecule has 0 aliphatic heterocycles. The molecule has 0 spiro atoms. The van der Waals surface area contributed by atoms with Gasteiger partial charge in [-0.05, 0) is 36.5 Å². The van der Waals surface area contributed by atoms with Gasteiger partial charge in [0.15, 0.2) is 0 Å². The molecule has 1 aliphatic rings. The fourth-order valence-corrected chi connectivity index (χ4v) is 3.54. The monoisotopic (exact) mass is 349 g/mol. The Morgan fingerprint density at radius 3 is 2.62 bits per heavy atom. The molecular formula is C21H23N3O2. The molecule has 3 aromatic rings. The van der Waals surface area contributed by atoms with Gasteiger partial charge in [-0.1, -0.05) is 36.4 Å². The summed E-state index contributed by atoms with van der Waals surface area (Å²) in [7, 11) is 0. The molecule has 1 unspecified atom stereocenters. The zero-order valence-corrected chi connectivity index (χ0v) is 14.7. The lowest BCUT2D eigenvalue weighted by Crippen LogP contribution is -2.39. The number of aliphatic hydroxyl groups excluding tert-OH is 1. The molecule has 2 heterocycles. The zero-order valence-electron chi connectivity index (χ0n) is 14.7. The Balaban J connectivity index is 1.64. The van der Waals surface area contributed by atoms with Crippen LogP contribution in [-0.2, 0) is 13.1 Å². The van der Waals surface area contributed by atoms with Gasteiger partial charge in [-0.25, -0.2) is 4.98 Å². The molecule has 1 N–H and O–H groups in total. The molecule has 5 nitrogen and oxygen atoms in total. The van der Waals surface area contributed by atoms with Gasteiger partial charge in [0.05, 0.1) is 12.3 Å². The van der Waals surface area contributed by atoms with Gasteiger partial charge in [0.1, 0.15) is 5.65 Å². The average Bonchev–Trinajstić information content (AvgIpc) is 3.48. The molecule has 1 fully saturated rings. The van der Waals surface area contributed by atoms with Crippen LogP contribution in [0.2, 0.25) is 0 Å². The smallest absolute Gasteiger partial charge is 0.258 e. The van der Waals surface area contributed by atoms with Crippen molar-refractivity contribution in [1.29, 1.82) is 0 Å². The van der Waals surface area contributed by atoms with Gasteiger partial charge in [-0.15, -0.1) is 0 Å². The summed E-state index contributed by atoms with van der Waals surface area (Å²) in [6.07, 6.45) is 4.05. The molecule has 2 aromatic heterocycles. The van der Waals surface area contributed by atoms with Gasteiger partial charge < -0.3 is 5.11 Å². The molecule has 134 valence electrons. The van der Waals surface area contributed by atoms with E-state index in [0.717, 1.165) is 25.1 Å². The number of benzene rings is 1. The highest BCUT2D eigenvalue weighted by Crippen LogP contribution is 2.36. The Morgan fingerprint density at radius 1 is 1.12 bits per heavy atom. The Bertz CT molecular complexity index is 935. The van der Waals surface area contributed by atoms with Gasteiger partial charge in [-0.3, -0.25) is 14.1 Å². The molecule has 26 heavy (non-hydrogen) atoms. The summed E-state index contributed by atoms with van der Waals surface area (Å²) >= 11 is 0. The van der Waals surface area contributed by atoms with E-state index in [1.807, 2.05) is 36.4 Å². The van der Waals surface area contributed by atoms with E-state index in [4.69, 9.17) is 0 Å². The first-order valence-electron chi connectivity index (χ1n) is 9.11. The summed E-state index contributed by atoms with van der Waals surface area (Å²) in [5.41, 5.74) is 2.53. The van der Waals surface area contributed by atoms with E-state index in [1.165, 1.54) is 5.56 Å². The molecular weight excluding hydrogens is 326 g/mol. The third kappa shape index (κ3) is 3.69. The van der Waals surface area contributed by atoms with Gasteiger partial charge >= 0.3 is 0 Å². The maximum atomic E-state index is 12.4. The van der Waals surface area contributed by atoms with E-state index in [-0.39, 0.29) is 18.2 Å². The van der Waals surface area contributed by atoms with E-state index >= 15 is 0 Å². The van der Waals surface area contributed by atoms with Crippen LogP contribution in [-0.4, -0.2) is 32.0 Å². The largest absolute Gasteiger partial charge is 0.395 e. The van der Waals surface area contributed by atoms with Gasteiger partial charge in [0.25, 0.3) is 5.56 Å². The number of rotatable bonds is 7. The quantitative estimate of drug-likeness (QED) is 0.712. The maximum absolute atomic E-state index is 12.4. The predicted octanol–water partition coefficient (Wildman–Crippen LogP) is 2.47. The Morgan fingerprint density at radius 2 is 1.88 bits per heavy atom. The van der Waals surface area contributed by atoms with Crippen molar-refractivity contribution in [2.45, 2.75) is 32.0 Å². The van der Waals surface area contributed by atoms with Crippen molar-refractivity contribution < 1.29 is 5.11 Å². The molecule has 0 amide bonds. The number of hydrogen-bond acceptors (Lipinski definition) is 4. The fourth-order valence-electron chi connectivity index (χ4n) is 3.54. The number of pyridine rings is 1. The summed E-state index contributed by atoms with van der Waals surface area (Å²) in [4.78, 5) is 19.3.